The molecule has 0 spiro atoms. The fraction of sp³-hybridized carbons (Fsp3) is 0.909. The lowest BCUT2D eigenvalue weighted by atomic mass is 9.90. The van der Waals surface area contributed by atoms with Gasteiger partial charge in [-0.15, -0.1) is 0 Å². The van der Waals surface area contributed by atoms with Crippen LogP contribution in [0, 0.1) is 5.92 Å². The molecule has 0 aromatic heterocycles. The molecule has 94 valence electrons. The zero-order chi connectivity index (χ0) is 12.0. The van der Waals surface area contributed by atoms with Crippen LogP contribution in [0.1, 0.15) is 39.0 Å². The van der Waals surface area contributed by atoms with Crippen molar-refractivity contribution in [2.45, 2.75) is 45.1 Å². The van der Waals surface area contributed by atoms with E-state index in [1.807, 2.05) is 0 Å². The number of carbonyl (C=O) groups excluding carboxylic acids is 1. The second kappa shape index (κ2) is 6.13. The molecule has 3 nitrogen and oxygen atoms in total. The molecule has 0 heterocycles. The Morgan fingerprint density at radius 3 is 2.50 bits per heavy atom. The summed E-state index contributed by atoms with van der Waals surface area (Å²) >= 11 is 0. The van der Waals surface area contributed by atoms with Crippen LogP contribution in [-0.2, 0) is 14.3 Å². The minimum atomic E-state index is -3.80. The average Bonchev–Trinajstić information content (AvgIpc) is 2.28. The van der Waals surface area contributed by atoms with Crippen LogP contribution in [0.4, 0.5) is 8.78 Å². The highest BCUT2D eigenvalue weighted by Crippen LogP contribution is 2.26. The van der Waals surface area contributed by atoms with E-state index < -0.39 is 12.1 Å². The van der Waals surface area contributed by atoms with Gasteiger partial charge in [0, 0.05) is 0 Å². The lowest BCUT2D eigenvalue weighted by Gasteiger charge is -2.23. The van der Waals surface area contributed by atoms with Crippen LogP contribution in [0.3, 0.4) is 0 Å². The fourth-order valence-corrected chi connectivity index (χ4v) is 1.85. The number of carbonyl (C=O) groups is 1. The van der Waals surface area contributed by atoms with Gasteiger partial charge >= 0.3 is 12.1 Å². The summed E-state index contributed by atoms with van der Waals surface area (Å²) < 4.78 is 34.7. The SMILES string of the molecule is CCOC(=O)C(F)(F)OCC1CCCCC1. The van der Waals surface area contributed by atoms with Crippen molar-refractivity contribution in [3.05, 3.63) is 0 Å². The minimum absolute atomic E-state index is 0.0637. The molecule has 0 amide bonds. The molecular formula is C11H18F2O3. The third-order valence-corrected chi connectivity index (χ3v) is 2.74. The topological polar surface area (TPSA) is 35.5 Å². The van der Waals surface area contributed by atoms with E-state index in [1.54, 1.807) is 0 Å². The summed E-state index contributed by atoms with van der Waals surface area (Å²) in [5.74, 6) is -1.44. The summed E-state index contributed by atoms with van der Waals surface area (Å²) in [7, 11) is 0. The highest BCUT2D eigenvalue weighted by Gasteiger charge is 2.42. The van der Waals surface area contributed by atoms with Gasteiger partial charge in [-0.3, -0.25) is 0 Å². The summed E-state index contributed by atoms with van der Waals surface area (Å²) in [4.78, 5) is 10.8. The van der Waals surface area contributed by atoms with Crippen LogP contribution in [0.25, 0.3) is 0 Å². The second-order valence-corrected chi connectivity index (χ2v) is 4.05. The Balaban J connectivity index is 2.31. The summed E-state index contributed by atoms with van der Waals surface area (Å²) in [6.45, 7) is 1.35. The van der Waals surface area contributed by atoms with Gasteiger partial charge in [0.2, 0.25) is 0 Å². The first-order chi connectivity index (χ1) is 7.56. The van der Waals surface area contributed by atoms with Crippen LogP contribution in [0.15, 0.2) is 0 Å². The molecule has 0 radical (unpaired) electrons. The number of alkyl halides is 2. The summed E-state index contributed by atoms with van der Waals surface area (Å²) in [5.41, 5.74) is 0. The molecule has 5 heteroatoms. The number of esters is 1. The summed E-state index contributed by atoms with van der Waals surface area (Å²) in [6.07, 6.45) is 1.27. The van der Waals surface area contributed by atoms with Crippen LogP contribution < -0.4 is 0 Å². The van der Waals surface area contributed by atoms with Crippen molar-refractivity contribution in [1.82, 2.24) is 0 Å². The molecule has 0 aromatic carbocycles. The third-order valence-electron chi connectivity index (χ3n) is 2.74. The molecule has 0 bridgehead atoms. The lowest BCUT2D eigenvalue weighted by molar-refractivity contribution is -0.254. The highest BCUT2D eigenvalue weighted by molar-refractivity contribution is 5.75. The number of hydrogen-bond donors (Lipinski definition) is 0. The number of hydrogen-bond acceptors (Lipinski definition) is 3. The van der Waals surface area contributed by atoms with Gasteiger partial charge < -0.3 is 9.47 Å². The zero-order valence-corrected chi connectivity index (χ0v) is 9.51. The largest absolute Gasteiger partial charge is 0.460 e. The third kappa shape index (κ3) is 4.04. The molecule has 1 fully saturated rings. The predicted octanol–water partition coefficient (Wildman–Crippen LogP) is 2.74. The molecule has 1 aliphatic carbocycles. The molecule has 1 rings (SSSR count). The maximum Gasteiger partial charge on any atom is 0.456 e. The van der Waals surface area contributed by atoms with E-state index in [0.717, 1.165) is 32.1 Å². The standard InChI is InChI=1S/C11H18F2O3/c1-2-15-10(14)11(12,13)16-8-9-6-4-3-5-7-9/h9H,2-8H2,1H3. The van der Waals surface area contributed by atoms with E-state index >= 15 is 0 Å². The monoisotopic (exact) mass is 236 g/mol. The molecule has 0 N–H and O–H groups in total. The fourth-order valence-electron chi connectivity index (χ4n) is 1.85. The van der Waals surface area contributed by atoms with E-state index in [0.29, 0.717) is 0 Å². The van der Waals surface area contributed by atoms with Gasteiger partial charge in [0.05, 0.1) is 13.2 Å². The smallest absolute Gasteiger partial charge is 0.456 e. The molecule has 0 aromatic rings. The Hall–Kier alpha value is -0.710. The Morgan fingerprint density at radius 1 is 1.31 bits per heavy atom. The van der Waals surface area contributed by atoms with E-state index in [9.17, 15) is 13.6 Å². The van der Waals surface area contributed by atoms with E-state index in [4.69, 9.17) is 0 Å². The van der Waals surface area contributed by atoms with E-state index in [1.165, 1.54) is 6.92 Å². The normalized spacial score (nSPS) is 18.4. The Labute approximate surface area is 94.1 Å². The average molecular weight is 236 g/mol. The molecular weight excluding hydrogens is 218 g/mol. The zero-order valence-electron chi connectivity index (χ0n) is 9.51. The molecule has 16 heavy (non-hydrogen) atoms. The van der Waals surface area contributed by atoms with Crippen molar-refractivity contribution in [2.75, 3.05) is 13.2 Å². The Morgan fingerprint density at radius 2 is 1.94 bits per heavy atom. The minimum Gasteiger partial charge on any atom is -0.460 e. The van der Waals surface area contributed by atoms with E-state index in [2.05, 4.69) is 9.47 Å². The first-order valence-electron chi connectivity index (χ1n) is 5.75. The Kier molecular flexibility index (Phi) is 5.12. The molecule has 1 aliphatic rings. The lowest BCUT2D eigenvalue weighted by Crippen LogP contribution is -2.35. The maximum absolute atomic E-state index is 13.1. The van der Waals surface area contributed by atoms with E-state index in [-0.39, 0.29) is 19.1 Å². The summed E-state index contributed by atoms with van der Waals surface area (Å²) in [5, 5.41) is 0. The molecule has 0 saturated heterocycles. The van der Waals surface area contributed by atoms with Gasteiger partial charge in [0.15, 0.2) is 0 Å². The maximum atomic E-state index is 13.1. The van der Waals surface area contributed by atoms with Gasteiger partial charge in [0.25, 0.3) is 0 Å². The highest BCUT2D eigenvalue weighted by atomic mass is 19.3. The quantitative estimate of drug-likeness (QED) is 0.688. The molecule has 0 unspecified atom stereocenters. The van der Waals surface area contributed by atoms with Gasteiger partial charge in [0.1, 0.15) is 0 Å². The van der Waals surface area contributed by atoms with Crippen molar-refractivity contribution in [2.24, 2.45) is 5.92 Å². The first kappa shape index (κ1) is 13.4. The van der Waals surface area contributed by atoms with Gasteiger partial charge in [-0.1, -0.05) is 19.3 Å². The van der Waals surface area contributed by atoms with Crippen molar-refractivity contribution in [1.29, 1.82) is 0 Å². The van der Waals surface area contributed by atoms with Gasteiger partial charge in [-0.2, -0.15) is 8.78 Å². The van der Waals surface area contributed by atoms with Crippen LogP contribution in [0.5, 0.6) is 0 Å². The van der Waals surface area contributed by atoms with Crippen LogP contribution in [0.2, 0.25) is 0 Å². The van der Waals surface area contributed by atoms with Crippen LogP contribution >= 0.6 is 0 Å². The van der Waals surface area contributed by atoms with Crippen molar-refractivity contribution in [3.8, 4) is 0 Å². The second-order valence-electron chi connectivity index (χ2n) is 4.05. The van der Waals surface area contributed by atoms with Gasteiger partial charge in [-0.05, 0) is 25.7 Å². The number of rotatable bonds is 5. The molecule has 1 saturated carbocycles. The molecule has 0 aliphatic heterocycles. The van der Waals surface area contributed by atoms with Crippen molar-refractivity contribution >= 4 is 5.97 Å². The predicted molar refractivity (Wildman–Crippen MR) is 54.1 cm³/mol. The van der Waals surface area contributed by atoms with Crippen LogP contribution in [-0.4, -0.2) is 25.3 Å². The number of ether oxygens (including phenoxy) is 2. The van der Waals surface area contributed by atoms with Gasteiger partial charge in [-0.25, -0.2) is 4.79 Å². The molecule has 0 atom stereocenters. The van der Waals surface area contributed by atoms with Crippen molar-refractivity contribution in [3.63, 3.8) is 0 Å². The van der Waals surface area contributed by atoms with Crippen molar-refractivity contribution < 1.29 is 23.0 Å². The first-order valence-corrected chi connectivity index (χ1v) is 5.75. The Bertz CT molecular complexity index is 225. The number of halogens is 2. The summed E-state index contributed by atoms with van der Waals surface area (Å²) in [6, 6.07) is 0.